The van der Waals surface area contributed by atoms with Gasteiger partial charge in [0.15, 0.2) is 17.0 Å². The van der Waals surface area contributed by atoms with Gasteiger partial charge >= 0.3 is 11.8 Å². The number of alkyl halides is 6. The van der Waals surface area contributed by atoms with E-state index in [1.54, 1.807) is 0 Å². The molecule has 1 heterocycles. The van der Waals surface area contributed by atoms with Crippen molar-refractivity contribution in [3.05, 3.63) is 0 Å². The van der Waals surface area contributed by atoms with Crippen molar-refractivity contribution in [2.75, 3.05) is 13.3 Å². The lowest BCUT2D eigenvalue weighted by atomic mass is 10.7. The number of rotatable bonds is 4. The molecular formula is C4H4F6N3OP3. The predicted octanol–water partition coefficient (Wildman–Crippen LogP) is 5.26. The Hall–Kier alpha value is -0.0300. The van der Waals surface area contributed by atoms with Crippen LogP contribution in [-0.4, -0.2) is 25.1 Å². The summed E-state index contributed by atoms with van der Waals surface area (Å²) >= 11 is 0. The fraction of sp³-hybridized carbons (Fsp3) is 1.00. The van der Waals surface area contributed by atoms with Crippen LogP contribution in [0.15, 0.2) is 13.5 Å². The van der Waals surface area contributed by atoms with E-state index in [4.69, 9.17) is 0 Å². The summed E-state index contributed by atoms with van der Waals surface area (Å²) < 4.78 is 88.7. The molecule has 0 saturated carbocycles. The second kappa shape index (κ2) is 5.31. The first-order valence-corrected chi connectivity index (χ1v) is 7.07. The van der Waals surface area contributed by atoms with Crippen LogP contribution in [0.3, 0.4) is 0 Å². The molecule has 0 aromatic heterocycles. The highest BCUT2D eigenvalue weighted by Crippen LogP contribution is 2.73. The molecule has 4 nitrogen and oxygen atoms in total. The highest BCUT2D eigenvalue weighted by Gasteiger charge is 2.69. The standard InChI is InChI=1S/C4H4F6N3OP3/c5-1-2-14-17(12-15-11-16-13-17)4(9,10)3(6,7)8/h1-2H2. The van der Waals surface area contributed by atoms with Crippen molar-refractivity contribution in [3.8, 4) is 0 Å². The van der Waals surface area contributed by atoms with Crippen LogP contribution in [-0.2, 0) is 4.52 Å². The average molecular weight is 317 g/mol. The summed E-state index contributed by atoms with van der Waals surface area (Å²) in [5.74, 6) is 0. The third-order valence-corrected chi connectivity index (χ3v) is 6.21. The summed E-state index contributed by atoms with van der Waals surface area (Å²) in [6.07, 6.45) is -5.85. The van der Waals surface area contributed by atoms with Crippen molar-refractivity contribution >= 4 is 24.5 Å². The molecular weight excluding hydrogens is 313 g/mol. The van der Waals surface area contributed by atoms with Crippen LogP contribution >= 0.6 is 24.5 Å². The molecule has 1 atom stereocenters. The topological polar surface area (TPSA) is 46.3 Å². The van der Waals surface area contributed by atoms with Gasteiger partial charge in [-0.25, -0.2) is 4.39 Å². The minimum atomic E-state index is -5.85. The molecule has 0 aromatic rings. The van der Waals surface area contributed by atoms with E-state index in [0.29, 0.717) is 0 Å². The van der Waals surface area contributed by atoms with E-state index in [0.717, 1.165) is 0 Å². The van der Waals surface area contributed by atoms with Crippen molar-refractivity contribution in [2.24, 2.45) is 13.5 Å². The van der Waals surface area contributed by atoms with Gasteiger partial charge in [-0.3, -0.25) is 0 Å². The molecule has 13 heteroatoms. The highest BCUT2D eigenvalue weighted by molar-refractivity contribution is 7.69. The lowest BCUT2D eigenvalue weighted by Crippen LogP contribution is -2.36. The fourth-order valence-corrected chi connectivity index (χ4v) is 5.29. The number of hydrogen-bond donors (Lipinski definition) is 0. The summed E-state index contributed by atoms with van der Waals surface area (Å²) in [5, 5.41) is 0. The molecule has 1 rings (SSSR count). The van der Waals surface area contributed by atoms with Crippen LogP contribution in [0, 0.1) is 0 Å². The Morgan fingerprint density at radius 2 is 1.76 bits per heavy atom. The second-order valence-corrected chi connectivity index (χ2v) is 6.96. The Balaban J connectivity index is 3.21. The van der Waals surface area contributed by atoms with Crippen LogP contribution in [0.25, 0.3) is 0 Å². The van der Waals surface area contributed by atoms with Crippen LogP contribution in [0.5, 0.6) is 0 Å². The lowest BCUT2D eigenvalue weighted by molar-refractivity contribution is -0.244. The summed E-state index contributed by atoms with van der Waals surface area (Å²) in [7, 11) is -5.45. The summed E-state index contributed by atoms with van der Waals surface area (Å²) in [6, 6.07) is 0. The largest absolute Gasteiger partial charge is 0.463 e. The molecule has 1 aliphatic heterocycles. The zero-order valence-electron chi connectivity index (χ0n) is 7.77. The van der Waals surface area contributed by atoms with Crippen molar-refractivity contribution < 1.29 is 30.9 Å². The third kappa shape index (κ3) is 2.87. The van der Waals surface area contributed by atoms with Crippen molar-refractivity contribution in [3.63, 3.8) is 0 Å². The zero-order valence-corrected chi connectivity index (χ0v) is 10.5. The van der Waals surface area contributed by atoms with Gasteiger partial charge < -0.3 is 4.52 Å². The fourth-order valence-electron chi connectivity index (χ4n) is 0.752. The van der Waals surface area contributed by atoms with E-state index in [1.807, 2.05) is 0 Å². The van der Waals surface area contributed by atoms with Gasteiger partial charge in [-0.2, -0.15) is 35.5 Å². The van der Waals surface area contributed by atoms with Gasteiger partial charge in [0.1, 0.15) is 6.67 Å². The van der Waals surface area contributed by atoms with Crippen LogP contribution in [0.2, 0.25) is 0 Å². The Labute approximate surface area is 94.8 Å². The summed E-state index contributed by atoms with van der Waals surface area (Å²) in [5.41, 5.74) is -5.23. The molecule has 0 amide bonds. The van der Waals surface area contributed by atoms with E-state index < -0.39 is 32.6 Å². The lowest BCUT2D eigenvalue weighted by Gasteiger charge is -2.28. The summed E-state index contributed by atoms with van der Waals surface area (Å²) in [6.45, 7) is -2.12. The molecule has 0 fully saturated rings. The SMILES string of the molecule is FCCOP1(C(F)(F)C(F)(F)F)=NP=NP=N1. The van der Waals surface area contributed by atoms with Crippen LogP contribution < -0.4 is 0 Å². The quantitative estimate of drug-likeness (QED) is 0.515. The minimum absolute atomic E-state index is 0.328. The molecule has 0 saturated heterocycles. The summed E-state index contributed by atoms with van der Waals surface area (Å²) in [4.78, 5) is 0. The molecule has 0 bridgehead atoms. The first kappa shape index (κ1) is 15.0. The van der Waals surface area contributed by atoms with Gasteiger partial charge in [-0.15, -0.1) is 0 Å². The molecule has 98 valence electrons. The van der Waals surface area contributed by atoms with Gasteiger partial charge in [0.25, 0.3) is 7.43 Å². The number of halogens is 6. The van der Waals surface area contributed by atoms with Gasteiger partial charge in [-0.05, 0) is 0 Å². The van der Waals surface area contributed by atoms with Crippen LogP contribution in [0.4, 0.5) is 26.3 Å². The van der Waals surface area contributed by atoms with Gasteiger partial charge in [-0.1, -0.05) is 0 Å². The highest BCUT2D eigenvalue weighted by atomic mass is 31.2. The maximum Gasteiger partial charge on any atom is 0.463 e. The number of nitrogens with zero attached hydrogens (tertiary/aromatic N) is 3. The van der Waals surface area contributed by atoms with Gasteiger partial charge in [0.2, 0.25) is 0 Å². The van der Waals surface area contributed by atoms with E-state index in [1.165, 1.54) is 0 Å². The minimum Gasteiger partial charge on any atom is -0.320 e. The molecule has 0 aliphatic carbocycles. The van der Waals surface area contributed by atoms with Crippen molar-refractivity contribution in [1.29, 1.82) is 0 Å². The van der Waals surface area contributed by atoms with E-state index in [2.05, 4.69) is 18.1 Å². The van der Waals surface area contributed by atoms with Crippen molar-refractivity contribution in [2.45, 2.75) is 11.8 Å². The van der Waals surface area contributed by atoms with Gasteiger partial charge in [0.05, 0.1) is 6.61 Å². The maximum atomic E-state index is 13.2. The molecule has 1 unspecified atom stereocenters. The molecule has 17 heavy (non-hydrogen) atoms. The Morgan fingerprint density at radius 3 is 2.18 bits per heavy atom. The van der Waals surface area contributed by atoms with E-state index in [-0.39, 0.29) is 17.0 Å². The molecule has 0 N–H and O–H groups in total. The third-order valence-electron chi connectivity index (χ3n) is 1.46. The van der Waals surface area contributed by atoms with Crippen LogP contribution in [0.1, 0.15) is 0 Å². The van der Waals surface area contributed by atoms with Crippen molar-refractivity contribution in [1.82, 2.24) is 0 Å². The number of hydrogen-bond acceptors (Lipinski definition) is 4. The molecule has 0 aromatic carbocycles. The first-order valence-electron chi connectivity index (χ1n) is 3.86. The second-order valence-electron chi connectivity index (χ2n) is 2.55. The van der Waals surface area contributed by atoms with Gasteiger partial charge in [0, 0.05) is 0 Å². The smallest absolute Gasteiger partial charge is 0.320 e. The normalized spacial score (nSPS) is 26.7. The van der Waals surface area contributed by atoms with E-state index >= 15 is 0 Å². The maximum absolute atomic E-state index is 13.2. The Morgan fingerprint density at radius 1 is 1.12 bits per heavy atom. The zero-order chi connectivity index (χ0) is 13.2. The monoisotopic (exact) mass is 317 g/mol. The first-order chi connectivity index (χ1) is 7.77. The average Bonchev–Trinajstić information content (AvgIpc) is 2.26. The Bertz CT molecular complexity index is 392. The molecule has 0 spiro atoms. The van der Waals surface area contributed by atoms with E-state index in [9.17, 15) is 26.3 Å². The Kier molecular flexibility index (Phi) is 4.69. The predicted molar refractivity (Wildman–Crippen MR) is 51.0 cm³/mol. The molecule has 0 radical (unpaired) electrons. The molecule has 1 aliphatic rings.